The number of ether oxygens (including phenoxy) is 1. The van der Waals surface area contributed by atoms with Gasteiger partial charge in [0.15, 0.2) is 0 Å². The molecular formula is C19H29N3O3. The van der Waals surface area contributed by atoms with E-state index in [9.17, 15) is 9.59 Å². The van der Waals surface area contributed by atoms with Crippen LogP contribution >= 0.6 is 0 Å². The van der Waals surface area contributed by atoms with Gasteiger partial charge in [-0.2, -0.15) is 0 Å². The minimum absolute atomic E-state index is 0.0463. The molecule has 1 aromatic carbocycles. The van der Waals surface area contributed by atoms with Gasteiger partial charge in [-0.25, -0.2) is 0 Å². The zero-order valence-corrected chi connectivity index (χ0v) is 15.5. The Kier molecular flexibility index (Phi) is 7.25. The Morgan fingerprint density at radius 3 is 2.40 bits per heavy atom. The summed E-state index contributed by atoms with van der Waals surface area (Å²) in [6.07, 6.45) is 2.00. The fraction of sp³-hybridized carbons (Fsp3) is 0.579. The molecule has 2 amide bonds. The largest absolute Gasteiger partial charge is 0.376 e. The van der Waals surface area contributed by atoms with E-state index in [4.69, 9.17) is 4.74 Å². The van der Waals surface area contributed by atoms with Gasteiger partial charge in [-0.1, -0.05) is 0 Å². The van der Waals surface area contributed by atoms with E-state index in [1.54, 1.807) is 4.90 Å². The van der Waals surface area contributed by atoms with Gasteiger partial charge < -0.3 is 19.9 Å². The van der Waals surface area contributed by atoms with Crippen LogP contribution in [0.1, 0.15) is 33.6 Å². The minimum atomic E-state index is -0.191. The summed E-state index contributed by atoms with van der Waals surface area (Å²) in [6, 6.07) is 7.78. The Morgan fingerprint density at radius 2 is 1.88 bits per heavy atom. The van der Waals surface area contributed by atoms with E-state index in [-0.39, 0.29) is 24.5 Å². The monoisotopic (exact) mass is 347 g/mol. The number of benzene rings is 1. The van der Waals surface area contributed by atoms with Crippen LogP contribution in [0.3, 0.4) is 0 Å². The SMILES string of the molecule is CCN(CC)c1ccc(NC(=O)CN(CC2CCCO2)C(C)=O)cc1. The molecular weight excluding hydrogens is 318 g/mol. The first kappa shape index (κ1) is 19.2. The summed E-state index contributed by atoms with van der Waals surface area (Å²) in [7, 11) is 0. The summed E-state index contributed by atoms with van der Waals surface area (Å²) in [6.45, 7) is 8.87. The van der Waals surface area contributed by atoms with Crippen molar-refractivity contribution >= 4 is 23.2 Å². The van der Waals surface area contributed by atoms with Crippen LogP contribution in [-0.2, 0) is 14.3 Å². The quantitative estimate of drug-likeness (QED) is 0.785. The minimum Gasteiger partial charge on any atom is -0.376 e. The van der Waals surface area contributed by atoms with Gasteiger partial charge in [-0.3, -0.25) is 9.59 Å². The molecule has 0 aromatic heterocycles. The Labute approximate surface area is 150 Å². The third kappa shape index (κ3) is 5.74. The maximum Gasteiger partial charge on any atom is 0.243 e. The summed E-state index contributed by atoms with van der Waals surface area (Å²) in [5, 5.41) is 2.86. The third-order valence-corrected chi connectivity index (χ3v) is 4.51. The van der Waals surface area contributed by atoms with Gasteiger partial charge in [0.05, 0.1) is 12.6 Å². The van der Waals surface area contributed by atoms with Crippen LogP contribution in [0.5, 0.6) is 0 Å². The normalized spacial score (nSPS) is 16.5. The first-order valence-electron chi connectivity index (χ1n) is 9.05. The van der Waals surface area contributed by atoms with Crippen molar-refractivity contribution in [1.82, 2.24) is 4.90 Å². The first-order chi connectivity index (χ1) is 12.0. The molecule has 1 fully saturated rings. The van der Waals surface area contributed by atoms with Crippen molar-refractivity contribution in [2.45, 2.75) is 39.7 Å². The van der Waals surface area contributed by atoms with Crippen LogP contribution < -0.4 is 10.2 Å². The van der Waals surface area contributed by atoms with E-state index in [2.05, 4.69) is 24.1 Å². The summed E-state index contributed by atoms with van der Waals surface area (Å²) in [4.78, 5) is 27.9. The van der Waals surface area contributed by atoms with Gasteiger partial charge in [-0.05, 0) is 51.0 Å². The molecule has 1 saturated heterocycles. The molecule has 1 aliphatic rings. The molecule has 1 unspecified atom stereocenters. The molecule has 6 heteroatoms. The van der Waals surface area contributed by atoms with Crippen molar-refractivity contribution < 1.29 is 14.3 Å². The van der Waals surface area contributed by atoms with Gasteiger partial charge >= 0.3 is 0 Å². The molecule has 25 heavy (non-hydrogen) atoms. The number of amides is 2. The number of nitrogens with zero attached hydrogens (tertiary/aromatic N) is 2. The second-order valence-electron chi connectivity index (χ2n) is 6.30. The highest BCUT2D eigenvalue weighted by Crippen LogP contribution is 2.18. The number of nitrogens with one attached hydrogen (secondary N) is 1. The summed E-state index contributed by atoms with van der Waals surface area (Å²) in [5.41, 5.74) is 1.87. The van der Waals surface area contributed by atoms with Gasteiger partial charge in [0, 0.05) is 44.5 Å². The van der Waals surface area contributed by atoms with Gasteiger partial charge in [-0.15, -0.1) is 0 Å². The van der Waals surface area contributed by atoms with Crippen molar-refractivity contribution in [1.29, 1.82) is 0 Å². The first-order valence-corrected chi connectivity index (χ1v) is 9.05. The average Bonchev–Trinajstić information content (AvgIpc) is 3.10. The summed E-state index contributed by atoms with van der Waals surface area (Å²) < 4.78 is 5.56. The molecule has 6 nitrogen and oxygen atoms in total. The van der Waals surface area contributed by atoms with Crippen LogP contribution in [0, 0.1) is 0 Å². The number of anilines is 2. The van der Waals surface area contributed by atoms with Gasteiger partial charge in [0.1, 0.15) is 0 Å². The fourth-order valence-corrected chi connectivity index (χ4v) is 3.06. The average molecular weight is 347 g/mol. The highest BCUT2D eigenvalue weighted by molar-refractivity contribution is 5.94. The van der Waals surface area contributed by atoms with E-state index < -0.39 is 0 Å². The molecule has 1 N–H and O–H groups in total. The number of hydrogen-bond donors (Lipinski definition) is 1. The molecule has 0 radical (unpaired) electrons. The van der Waals surface area contributed by atoms with Crippen LogP contribution in [0.2, 0.25) is 0 Å². The number of carbonyl (C=O) groups excluding carboxylic acids is 2. The van der Waals surface area contributed by atoms with E-state index >= 15 is 0 Å². The summed E-state index contributed by atoms with van der Waals surface area (Å²) >= 11 is 0. The second kappa shape index (κ2) is 9.42. The van der Waals surface area contributed by atoms with E-state index in [1.165, 1.54) is 6.92 Å². The maximum atomic E-state index is 12.3. The van der Waals surface area contributed by atoms with Gasteiger partial charge in [0.2, 0.25) is 11.8 Å². The molecule has 2 rings (SSSR count). The number of rotatable bonds is 8. The molecule has 0 spiro atoms. The Balaban J connectivity index is 1.90. The Bertz CT molecular complexity index is 564. The van der Waals surface area contributed by atoms with Crippen molar-refractivity contribution in [3.63, 3.8) is 0 Å². The molecule has 0 bridgehead atoms. The van der Waals surface area contributed by atoms with E-state index in [0.29, 0.717) is 6.54 Å². The molecule has 1 atom stereocenters. The lowest BCUT2D eigenvalue weighted by molar-refractivity contribution is -0.134. The summed E-state index contributed by atoms with van der Waals surface area (Å²) in [5.74, 6) is -0.300. The van der Waals surface area contributed by atoms with Crippen LogP contribution in [0.4, 0.5) is 11.4 Å². The molecule has 1 aromatic rings. The molecule has 0 saturated carbocycles. The van der Waals surface area contributed by atoms with Gasteiger partial charge in [0.25, 0.3) is 0 Å². The van der Waals surface area contributed by atoms with Crippen molar-refractivity contribution in [2.24, 2.45) is 0 Å². The Hall–Kier alpha value is -2.08. The molecule has 0 aliphatic carbocycles. The highest BCUT2D eigenvalue weighted by atomic mass is 16.5. The van der Waals surface area contributed by atoms with E-state index in [0.717, 1.165) is 43.9 Å². The van der Waals surface area contributed by atoms with Crippen LogP contribution in [0.25, 0.3) is 0 Å². The maximum absolute atomic E-state index is 12.3. The zero-order chi connectivity index (χ0) is 18.2. The predicted octanol–water partition coefficient (Wildman–Crippen LogP) is 2.50. The smallest absolute Gasteiger partial charge is 0.243 e. The van der Waals surface area contributed by atoms with Crippen LogP contribution in [-0.4, -0.2) is 55.6 Å². The lowest BCUT2D eigenvalue weighted by atomic mass is 10.2. The zero-order valence-electron chi connectivity index (χ0n) is 15.5. The Morgan fingerprint density at radius 1 is 1.20 bits per heavy atom. The molecule has 138 valence electrons. The number of carbonyl (C=O) groups is 2. The molecule has 1 aliphatic heterocycles. The molecule has 1 heterocycles. The second-order valence-corrected chi connectivity index (χ2v) is 6.30. The van der Waals surface area contributed by atoms with Crippen molar-refractivity contribution in [3.05, 3.63) is 24.3 Å². The third-order valence-electron chi connectivity index (χ3n) is 4.51. The van der Waals surface area contributed by atoms with Crippen molar-refractivity contribution in [2.75, 3.05) is 43.0 Å². The van der Waals surface area contributed by atoms with Crippen LogP contribution in [0.15, 0.2) is 24.3 Å². The van der Waals surface area contributed by atoms with E-state index in [1.807, 2.05) is 24.3 Å². The lowest BCUT2D eigenvalue weighted by Gasteiger charge is -2.24. The van der Waals surface area contributed by atoms with Crippen molar-refractivity contribution in [3.8, 4) is 0 Å². The topological polar surface area (TPSA) is 61.9 Å². The number of hydrogen-bond acceptors (Lipinski definition) is 4. The lowest BCUT2D eigenvalue weighted by Crippen LogP contribution is -2.41. The highest BCUT2D eigenvalue weighted by Gasteiger charge is 2.22. The fourth-order valence-electron chi connectivity index (χ4n) is 3.06. The predicted molar refractivity (Wildman–Crippen MR) is 99.9 cm³/mol. The standard InChI is InChI=1S/C19H29N3O3/c1-4-21(5-2)17-10-8-16(9-11-17)20-19(24)14-22(15(3)23)13-18-7-6-12-25-18/h8-11,18H,4-7,12-14H2,1-3H3,(H,20,24).